The van der Waals surface area contributed by atoms with Gasteiger partial charge in [0.05, 0.1) is 6.61 Å². The molecular weight excluding hydrogens is 414 g/mol. The molecule has 4 heterocycles. The Labute approximate surface area is 176 Å². The lowest BCUT2D eigenvalue weighted by atomic mass is 9.94. The predicted octanol–water partition coefficient (Wildman–Crippen LogP) is 1.21. The fraction of sp³-hybridized carbons (Fsp3) is 0.684. The maximum Gasteiger partial charge on any atom is 0.248 e. The lowest BCUT2D eigenvalue weighted by Crippen LogP contribution is -2.53. The van der Waals surface area contributed by atoms with Crippen molar-refractivity contribution in [2.24, 2.45) is 5.92 Å². The Bertz CT molecular complexity index is 771. The number of thiophene rings is 1. The van der Waals surface area contributed by atoms with E-state index in [1.54, 1.807) is 17.5 Å². The smallest absolute Gasteiger partial charge is 0.248 e. The molecule has 160 valence electrons. The quantitative estimate of drug-likeness (QED) is 0.655. The molecule has 1 aromatic heterocycles. The van der Waals surface area contributed by atoms with Gasteiger partial charge in [0, 0.05) is 50.7 Å². The minimum Gasteiger partial charge on any atom is -0.592 e. The number of sulfonamides is 1. The van der Waals surface area contributed by atoms with Crippen molar-refractivity contribution in [1.82, 2.24) is 14.1 Å². The number of carbonyl (C=O) groups is 2. The highest BCUT2D eigenvalue weighted by atomic mass is 32.3. The van der Waals surface area contributed by atoms with Gasteiger partial charge < -0.3 is 19.1 Å². The molecule has 29 heavy (non-hydrogen) atoms. The molecule has 0 aromatic carbocycles. The number of carbonyl (C=O) groups excluding carboxylic acids is 2. The maximum atomic E-state index is 12.9. The van der Waals surface area contributed by atoms with Crippen LogP contribution in [0.25, 0.3) is 0 Å². The number of hydrogen-bond acceptors (Lipinski definition) is 6. The van der Waals surface area contributed by atoms with Crippen LogP contribution in [-0.4, -0.2) is 82.5 Å². The number of morpholine rings is 1. The van der Waals surface area contributed by atoms with Gasteiger partial charge in [-0.3, -0.25) is 9.59 Å². The zero-order valence-corrected chi connectivity index (χ0v) is 18.0. The molecule has 1 unspecified atom stereocenters. The third-order valence-electron chi connectivity index (χ3n) is 6.13. The lowest BCUT2D eigenvalue weighted by Gasteiger charge is -2.41. The molecule has 0 aliphatic carbocycles. The van der Waals surface area contributed by atoms with E-state index in [9.17, 15) is 18.4 Å². The Kier molecular flexibility index (Phi) is 6.35. The summed E-state index contributed by atoms with van der Waals surface area (Å²) in [5, 5.41) is 1.76. The van der Waals surface area contributed by atoms with E-state index >= 15 is 0 Å². The van der Waals surface area contributed by atoms with Gasteiger partial charge in [-0.2, -0.15) is 0 Å². The summed E-state index contributed by atoms with van der Waals surface area (Å²) in [6.45, 7) is 3.45. The normalized spacial score (nSPS) is 25.2. The van der Waals surface area contributed by atoms with Gasteiger partial charge in [0.2, 0.25) is 16.0 Å². The van der Waals surface area contributed by atoms with Gasteiger partial charge in [0.1, 0.15) is 6.61 Å². The standard InChI is InChI=1S/C19H27N3O5S2/c23-17-14-27-12-11-22(17)16-5-7-20(8-6-16)19(24)15-3-9-21(10-4-15)29(25,26)18-2-1-13-28-18/h1-2,13,15-16H,3-12,14H2. The van der Waals surface area contributed by atoms with Crippen LogP contribution in [0.3, 0.4) is 0 Å². The fourth-order valence-corrected chi connectivity index (χ4v) is 7.07. The van der Waals surface area contributed by atoms with E-state index in [-0.39, 0.29) is 30.4 Å². The highest BCUT2D eigenvalue weighted by Crippen LogP contribution is 2.31. The van der Waals surface area contributed by atoms with Crippen molar-refractivity contribution in [3.05, 3.63) is 17.5 Å². The summed E-state index contributed by atoms with van der Waals surface area (Å²) in [6, 6.07) is 3.55. The molecule has 3 saturated heterocycles. The first-order chi connectivity index (χ1) is 14.0. The Hall–Kier alpha value is -1.33. The summed E-state index contributed by atoms with van der Waals surface area (Å²) < 4.78 is 32.3. The maximum absolute atomic E-state index is 12.9. The molecule has 0 saturated carbocycles. The van der Waals surface area contributed by atoms with Gasteiger partial charge in [0.15, 0.2) is 10.4 Å². The van der Waals surface area contributed by atoms with E-state index in [1.807, 2.05) is 9.80 Å². The Morgan fingerprint density at radius 3 is 2.48 bits per heavy atom. The van der Waals surface area contributed by atoms with Crippen molar-refractivity contribution in [3.63, 3.8) is 0 Å². The Morgan fingerprint density at radius 2 is 1.86 bits per heavy atom. The molecule has 1 aromatic rings. The van der Waals surface area contributed by atoms with E-state index in [0.717, 1.165) is 12.8 Å². The van der Waals surface area contributed by atoms with Crippen LogP contribution in [-0.2, 0) is 28.9 Å². The van der Waals surface area contributed by atoms with Gasteiger partial charge in [-0.1, -0.05) is 15.5 Å². The molecule has 0 spiro atoms. The highest BCUT2D eigenvalue weighted by molar-refractivity contribution is 7.97. The van der Waals surface area contributed by atoms with E-state index in [0.29, 0.717) is 56.4 Å². The molecule has 0 bridgehead atoms. The first-order valence-electron chi connectivity index (χ1n) is 10.2. The Balaban J connectivity index is 1.27. The van der Waals surface area contributed by atoms with Gasteiger partial charge >= 0.3 is 0 Å². The van der Waals surface area contributed by atoms with Crippen LogP contribution in [0.1, 0.15) is 25.7 Å². The minimum atomic E-state index is -3.44. The number of likely N-dealkylation sites (tertiary alicyclic amines) is 1. The molecule has 2 amide bonds. The van der Waals surface area contributed by atoms with Crippen LogP contribution in [0.5, 0.6) is 0 Å². The van der Waals surface area contributed by atoms with Crippen LogP contribution in [0.2, 0.25) is 0 Å². The highest BCUT2D eigenvalue weighted by Gasteiger charge is 2.39. The molecule has 1 atom stereocenters. The van der Waals surface area contributed by atoms with Crippen LogP contribution in [0.4, 0.5) is 0 Å². The Morgan fingerprint density at radius 1 is 1.14 bits per heavy atom. The molecule has 8 nitrogen and oxygen atoms in total. The zero-order chi connectivity index (χ0) is 20.4. The fourth-order valence-electron chi connectivity index (χ4n) is 4.45. The molecule has 3 fully saturated rings. The third kappa shape index (κ3) is 4.41. The van der Waals surface area contributed by atoms with E-state index in [2.05, 4.69) is 0 Å². The summed E-state index contributed by atoms with van der Waals surface area (Å²) >= 11 is 1.22. The van der Waals surface area contributed by atoms with Crippen molar-refractivity contribution in [1.29, 1.82) is 0 Å². The minimum absolute atomic E-state index is 0.0420. The van der Waals surface area contributed by atoms with E-state index < -0.39 is 10.4 Å². The van der Waals surface area contributed by atoms with Crippen LogP contribution in [0, 0.1) is 5.92 Å². The SMILES string of the molecule is O=C(C1CCN([S+](=O)([O-])c2cccs2)CC1)N1CCC(N2CCOCC2=O)CC1. The van der Waals surface area contributed by atoms with Crippen LogP contribution >= 0.6 is 11.3 Å². The van der Waals surface area contributed by atoms with E-state index in [1.165, 1.54) is 15.6 Å². The monoisotopic (exact) mass is 441 g/mol. The number of rotatable bonds is 4. The van der Waals surface area contributed by atoms with Crippen molar-refractivity contribution in [3.8, 4) is 0 Å². The summed E-state index contributed by atoms with van der Waals surface area (Å²) in [5.74, 6) is 0.0524. The number of hydrogen-bond donors (Lipinski definition) is 0. The van der Waals surface area contributed by atoms with Crippen LogP contribution in [0.15, 0.2) is 21.7 Å². The van der Waals surface area contributed by atoms with Gasteiger partial charge in [-0.25, -0.2) is 0 Å². The van der Waals surface area contributed by atoms with Crippen molar-refractivity contribution < 1.29 is 23.1 Å². The van der Waals surface area contributed by atoms with Crippen LogP contribution < -0.4 is 0 Å². The van der Waals surface area contributed by atoms with Gasteiger partial charge in [-0.05, 0) is 37.1 Å². The second-order valence-electron chi connectivity index (χ2n) is 7.81. The molecule has 10 heteroatoms. The summed E-state index contributed by atoms with van der Waals surface area (Å²) in [6.07, 6.45) is 2.71. The summed E-state index contributed by atoms with van der Waals surface area (Å²) in [5.41, 5.74) is 0. The summed E-state index contributed by atoms with van der Waals surface area (Å²) in [7, 11) is -3.44. The molecule has 3 aliphatic rings. The average Bonchev–Trinajstić information content (AvgIpc) is 3.30. The average molecular weight is 442 g/mol. The first kappa shape index (κ1) is 20.9. The number of amides is 2. The first-order valence-corrected chi connectivity index (χ1v) is 12.5. The molecule has 4 rings (SSSR count). The van der Waals surface area contributed by atoms with Gasteiger partial charge in [0.25, 0.3) is 0 Å². The van der Waals surface area contributed by atoms with Crippen molar-refractivity contribution in [2.45, 2.75) is 35.9 Å². The number of piperidine rings is 2. The predicted molar refractivity (Wildman–Crippen MR) is 108 cm³/mol. The largest absolute Gasteiger partial charge is 0.592 e. The van der Waals surface area contributed by atoms with Crippen molar-refractivity contribution in [2.75, 3.05) is 45.9 Å². The second-order valence-corrected chi connectivity index (χ2v) is 10.9. The topological polar surface area (TPSA) is 93.2 Å². The molecule has 3 aliphatic heterocycles. The zero-order valence-electron chi connectivity index (χ0n) is 16.4. The number of nitrogens with zero attached hydrogens (tertiary/aromatic N) is 3. The van der Waals surface area contributed by atoms with Crippen molar-refractivity contribution >= 4 is 33.6 Å². The lowest BCUT2D eigenvalue weighted by molar-refractivity contribution is -0.148. The molecular formula is C19H27N3O5S2. The summed E-state index contributed by atoms with van der Waals surface area (Å²) in [4.78, 5) is 28.8. The third-order valence-corrected chi connectivity index (χ3v) is 9.40. The number of ether oxygens (including phenoxy) is 1. The van der Waals surface area contributed by atoms with E-state index in [4.69, 9.17) is 4.74 Å². The molecule has 0 N–H and O–H groups in total. The second kappa shape index (κ2) is 8.81. The van der Waals surface area contributed by atoms with Gasteiger partial charge in [-0.15, -0.1) is 4.31 Å². The molecule has 0 radical (unpaired) electrons.